The molecule has 172 valence electrons. The normalized spacial score (nSPS) is 13.7. The highest BCUT2D eigenvalue weighted by atomic mass is 16.3. The van der Waals surface area contributed by atoms with Gasteiger partial charge in [0.25, 0.3) is 11.5 Å². The van der Waals surface area contributed by atoms with Gasteiger partial charge in [0, 0.05) is 40.8 Å². The monoisotopic (exact) mass is 442 g/mol. The Morgan fingerprint density at radius 1 is 1.16 bits per heavy atom. The number of hydrogen-bond donors (Lipinski definition) is 2. The van der Waals surface area contributed by atoms with Crippen LogP contribution in [0.2, 0.25) is 0 Å². The van der Waals surface area contributed by atoms with E-state index in [4.69, 9.17) is 0 Å². The molecule has 32 heavy (non-hydrogen) atoms. The second-order valence-electron chi connectivity index (χ2n) is 8.01. The zero-order valence-electron chi connectivity index (χ0n) is 19.1. The number of aliphatic hydroxyl groups excluding tert-OH is 1. The van der Waals surface area contributed by atoms with Crippen LogP contribution >= 0.6 is 0 Å². The van der Waals surface area contributed by atoms with Crippen LogP contribution in [-0.2, 0) is 20.5 Å². The van der Waals surface area contributed by atoms with E-state index < -0.39 is 17.5 Å². The SMILES string of the molecule is CC(CCc1ccccc1)NCC(O)n1c(/N=N/N(C)C)nc2c1c(=O)n(C)c(=O)n2C. The van der Waals surface area contributed by atoms with Crippen LogP contribution in [0.3, 0.4) is 0 Å². The van der Waals surface area contributed by atoms with Crippen molar-refractivity contribution in [3.05, 3.63) is 56.7 Å². The quantitative estimate of drug-likeness (QED) is 0.378. The Kier molecular flexibility index (Phi) is 7.21. The summed E-state index contributed by atoms with van der Waals surface area (Å²) in [6, 6.07) is 10.3. The van der Waals surface area contributed by atoms with Gasteiger partial charge in [-0.05, 0) is 25.3 Å². The lowest BCUT2D eigenvalue weighted by molar-refractivity contribution is 0.104. The van der Waals surface area contributed by atoms with E-state index in [0.717, 1.165) is 17.4 Å². The zero-order chi connectivity index (χ0) is 23.4. The molecule has 3 aromatic rings. The fraction of sp³-hybridized carbons (Fsp3) is 0.476. The number of nitrogens with zero attached hydrogens (tertiary/aromatic N) is 7. The molecule has 0 spiro atoms. The van der Waals surface area contributed by atoms with Crippen LogP contribution in [0, 0.1) is 0 Å². The lowest BCUT2D eigenvalue weighted by Gasteiger charge is -2.19. The number of fused-ring (bicyclic) bond motifs is 1. The van der Waals surface area contributed by atoms with Gasteiger partial charge in [-0.1, -0.05) is 40.7 Å². The molecule has 2 unspecified atom stereocenters. The van der Waals surface area contributed by atoms with E-state index in [-0.39, 0.29) is 29.7 Å². The van der Waals surface area contributed by atoms with Gasteiger partial charge in [0.1, 0.15) is 6.23 Å². The fourth-order valence-corrected chi connectivity index (χ4v) is 3.41. The minimum Gasteiger partial charge on any atom is -0.372 e. The second-order valence-corrected chi connectivity index (χ2v) is 8.01. The molecule has 0 aliphatic rings. The van der Waals surface area contributed by atoms with Crippen molar-refractivity contribution in [2.75, 3.05) is 20.6 Å². The first-order chi connectivity index (χ1) is 15.2. The van der Waals surface area contributed by atoms with E-state index in [0.29, 0.717) is 0 Å². The average Bonchev–Trinajstić information content (AvgIpc) is 3.17. The summed E-state index contributed by atoms with van der Waals surface area (Å²) in [5.41, 5.74) is 0.414. The minimum absolute atomic E-state index is 0.0400. The van der Waals surface area contributed by atoms with Crippen molar-refractivity contribution in [1.29, 1.82) is 0 Å². The summed E-state index contributed by atoms with van der Waals surface area (Å²) in [6.07, 6.45) is 0.648. The third-order valence-corrected chi connectivity index (χ3v) is 5.24. The number of hydrogen-bond acceptors (Lipinski definition) is 7. The molecule has 3 rings (SSSR count). The average molecular weight is 443 g/mol. The lowest BCUT2D eigenvalue weighted by atomic mass is 10.1. The van der Waals surface area contributed by atoms with Gasteiger partial charge in [0.15, 0.2) is 11.2 Å². The van der Waals surface area contributed by atoms with E-state index >= 15 is 0 Å². The van der Waals surface area contributed by atoms with Crippen molar-refractivity contribution in [3.63, 3.8) is 0 Å². The largest absolute Gasteiger partial charge is 0.372 e. The van der Waals surface area contributed by atoms with Gasteiger partial charge >= 0.3 is 5.69 Å². The van der Waals surface area contributed by atoms with Gasteiger partial charge in [0.05, 0.1) is 0 Å². The molecule has 2 N–H and O–H groups in total. The molecule has 1 aromatic carbocycles. The molecule has 2 heterocycles. The number of aliphatic hydroxyl groups is 1. The van der Waals surface area contributed by atoms with Crippen molar-refractivity contribution < 1.29 is 5.11 Å². The topological polar surface area (TPSA) is 122 Å². The first kappa shape index (κ1) is 23.4. The third kappa shape index (κ3) is 4.94. The van der Waals surface area contributed by atoms with Crippen LogP contribution in [0.15, 0.2) is 50.3 Å². The van der Waals surface area contributed by atoms with Crippen molar-refractivity contribution >= 4 is 17.1 Å². The molecule has 0 bridgehead atoms. The van der Waals surface area contributed by atoms with Crippen LogP contribution < -0.4 is 16.6 Å². The molecule has 0 aliphatic carbocycles. The predicted octanol–water partition coefficient (Wildman–Crippen LogP) is 1.10. The van der Waals surface area contributed by atoms with E-state index in [9.17, 15) is 14.7 Å². The highest BCUT2D eigenvalue weighted by molar-refractivity contribution is 5.73. The number of benzene rings is 1. The highest BCUT2D eigenvalue weighted by Gasteiger charge is 2.23. The maximum atomic E-state index is 12.9. The van der Waals surface area contributed by atoms with Crippen LogP contribution in [0.25, 0.3) is 11.2 Å². The van der Waals surface area contributed by atoms with Crippen LogP contribution in [0.5, 0.6) is 0 Å². The summed E-state index contributed by atoms with van der Waals surface area (Å²) in [4.78, 5) is 29.5. The number of aromatic nitrogens is 4. The molecule has 11 heteroatoms. The fourth-order valence-electron chi connectivity index (χ4n) is 3.41. The minimum atomic E-state index is -1.14. The first-order valence-corrected chi connectivity index (χ1v) is 10.4. The van der Waals surface area contributed by atoms with Gasteiger partial charge in [-0.2, -0.15) is 4.98 Å². The van der Waals surface area contributed by atoms with E-state index in [1.807, 2.05) is 25.1 Å². The summed E-state index contributed by atoms with van der Waals surface area (Å²) in [5, 5.41) is 23.7. The summed E-state index contributed by atoms with van der Waals surface area (Å²) >= 11 is 0. The predicted molar refractivity (Wildman–Crippen MR) is 122 cm³/mol. The van der Waals surface area contributed by atoms with Crippen molar-refractivity contribution in [1.82, 2.24) is 29.0 Å². The smallest absolute Gasteiger partial charge is 0.332 e. The van der Waals surface area contributed by atoms with Gasteiger partial charge in [-0.15, -0.1) is 0 Å². The van der Waals surface area contributed by atoms with Crippen molar-refractivity contribution in [2.24, 2.45) is 24.4 Å². The summed E-state index contributed by atoms with van der Waals surface area (Å²) in [5.74, 6) is 0.0400. The Bertz CT molecular complexity index is 1210. The summed E-state index contributed by atoms with van der Waals surface area (Å²) < 4.78 is 3.56. The van der Waals surface area contributed by atoms with E-state index in [2.05, 4.69) is 32.8 Å². The number of nitrogens with one attached hydrogen (secondary N) is 1. The molecule has 11 nitrogen and oxygen atoms in total. The Morgan fingerprint density at radius 2 is 1.84 bits per heavy atom. The molecular weight excluding hydrogens is 412 g/mol. The molecule has 0 saturated carbocycles. The molecule has 0 saturated heterocycles. The number of rotatable bonds is 9. The van der Waals surface area contributed by atoms with E-state index in [1.54, 1.807) is 14.1 Å². The summed E-state index contributed by atoms with van der Waals surface area (Å²) in [6.45, 7) is 2.20. The van der Waals surface area contributed by atoms with Gasteiger partial charge in [-0.3, -0.25) is 23.5 Å². The third-order valence-electron chi connectivity index (χ3n) is 5.24. The maximum Gasteiger partial charge on any atom is 0.332 e. The molecule has 0 radical (unpaired) electrons. The standard InChI is InChI=1S/C21H30N8O3/c1-14(11-12-15-9-7-6-8-10-15)22-13-16(30)29-17-18(23-20(29)24-25-26(2)3)27(4)21(32)28(5)19(17)31/h6-10,14,16,22,30H,11-13H2,1-5H3/b25-24+. The van der Waals surface area contributed by atoms with Crippen molar-refractivity contribution in [2.45, 2.75) is 32.0 Å². The number of imidazole rings is 1. The Morgan fingerprint density at radius 3 is 2.50 bits per heavy atom. The zero-order valence-corrected chi connectivity index (χ0v) is 19.1. The van der Waals surface area contributed by atoms with Gasteiger partial charge in [-0.25, -0.2) is 4.79 Å². The van der Waals surface area contributed by atoms with Crippen LogP contribution in [0.1, 0.15) is 25.1 Å². The maximum absolute atomic E-state index is 12.9. The molecular formula is C21H30N8O3. The molecule has 2 aromatic heterocycles. The Hall–Kier alpha value is -3.31. The van der Waals surface area contributed by atoms with Gasteiger partial charge in [0.2, 0.25) is 0 Å². The van der Waals surface area contributed by atoms with Gasteiger partial charge < -0.3 is 10.4 Å². The molecule has 0 aliphatic heterocycles. The second kappa shape index (κ2) is 9.88. The van der Waals surface area contributed by atoms with E-state index in [1.165, 1.54) is 33.8 Å². The molecule has 0 fully saturated rings. The lowest BCUT2D eigenvalue weighted by Crippen LogP contribution is -2.38. The number of aryl methyl sites for hydroxylation is 2. The molecule has 2 atom stereocenters. The Balaban J connectivity index is 1.87. The van der Waals surface area contributed by atoms with Crippen LogP contribution in [-0.4, -0.2) is 55.5 Å². The van der Waals surface area contributed by atoms with Crippen LogP contribution in [0.4, 0.5) is 5.95 Å². The highest BCUT2D eigenvalue weighted by Crippen LogP contribution is 2.23. The first-order valence-electron chi connectivity index (χ1n) is 10.4. The van der Waals surface area contributed by atoms with Crippen molar-refractivity contribution in [3.8, 4) is 0 Å². The Labute approximate surface area is 185 Å². The summed E-state index contributed by atoms with van der Waals surface area (Å²) in [7, 11) is 6.29. The molecule has 0 amide bonds.